The van der Waals surface area contributed by atoms with Gasteiger partial charge in [0.05, 0.1) is 30.5 Å². The molecule has 8 nitrogen and oxygen atoms in total. The van der Waals surface area contributed by atoms with Gasteiger partial charge in [0.25, 0.3) is 0 Å². The lowest BCUT2D eigenvalue weighted by atomic mass is 10.0. The van der Waals surface area contributed by atoms with Crippen molar-refractivity contribution in [3.63, 3.8) is 0 Å². The zero-order valence-corrected chi connectivity index (χ0v) is 21.6. The molecule has 2 aromatic heterocycles. The van der Waals surface area contributed by atoms with Gasteiger partial charge in [0.2, 0.25) is 5.91 Å². The number of carbonyl (C=O) groups is 2. The molecule has 2 aromatic carbocycles. The van der Waals surface area contributed by atoms with Gasteiger partial charge in [-0.25, -0.2) is 4.79 Å². The Kier molecular flexibility index (Phi) is 7.46. The third kappa shape index (κ3) is 5.28. The highest BCUT2D eigenvalue weighted by Gasteiger charge is 2.41. The van der Waals surface area contributed by atoms with E-state index in [1.165, 1.54) is 7.11 Å². The SMILES string of the molecule is COC(=O)c1cccc(-n2cccc2C2C(c3ccccn3)NC(=S)N2CCC(=O)Nc2ccccc2)c1. The number of thiocarbonyl (C=S) groups is 1. The Morgan fingerprint density at radius 1 is 1.03 bits per heavy atom. The fraction of sp³-hybridized carbons (Fsp3) is 0.172. The van der Waals surface area contributed by atoms with Crippen molar-refractivity contribution < 1.29 is 14.3 Å². The number of nitrogens with zero attached hydrogens (tertiary/aromatic N) is 3. The number of methoxy groups -OCH3 is 1. The maximum Gasteiger partial charge on any atom is 0.337 e. The lowest BCUT2D eigenvalue weighted by molar-refractivity contribution is -0.116. The smallest absolute Gasteiger partial charge is 0.337 e. The molecule has 192 valence electrons. The summed E-state index contributed by atoms with van der Waals surface area (Å²) in [6.07, 6.45) is 3.95. The Hall–Kier alpha value is -4.50. The lowest BCUT2D eigenvalue weighted by Crippen LogP contribution is -2.33. The fourth-order valence-corrected chi connectivity index (χ4v) is 5.04. The number of hydrogen-bond donors (Lipinski definition) is 2. The topological polar surface area (TPSA) is 88.5 Å². The van der Waals surface area contributed by atoms with Crippen LogP contribution in [0.5, 0.6) is 0 Å². The molecule has 1 amide bonds. The molecule has 0 spiro atoms. The fourth-order valence-electron chi connectivity index (χ4n) is 4.71. The first-order chi connectivity index (χ1) is 18.5. The average molecular weight is 526 g/mol. The number of rotatable bonds is 8. The Bertz CT molecular complexity index is 1440. The summed E-state index contributed by atoms with van der Waals surface area (Å²) >= 11 is 5.77. The summed E-state index contributed by atoms with van der Waals surface area (Å²) in [5.41, 5.74) is 3.81. The number of anilines is 1. The van der Waals surface area contributed by atoms with Crippen molar-refractivity contribution in [2.75, 3.05) is 19.0 Å². The van der Waals surface area contributed by atoms with E-state index in [9.17, 15) is 9.59 Å². The number of esters is 1. The summed E-state index contributed by atoms with van der Waals surface area (Å²) in [6.45, 7) is 0.409. The minimum Gasteiger partial charge on any atom is -0.465 e. The highest BCUT2D eigenvalue weighted by atomic mass is 32.1. The van der Waals surface area contributed by atoms with E-state index in [0.29, 0.717) is 17.2 Å². The summed E-state index contributed by atoms with van der Waals surface area (Å²) in [7, 11) is 1.37. The van der Waals surface area contributed by atoms with Crippen LogP contribution in [-0.4, -0.2) is 45.1 Å². The number of amides is 1. The molecule has 1 aliphatic rings. The third-order valence-corrected chi connectivity index (χ3v) is 6.82. The molecule has 0 aliphatic carbocycles. The van der Waals surface area contributed by atoms with Crippen molar-refractivity contribution in [3.8, 4) is 5.69 Å². The molecular formula is C29H27N5O3S. The molecule has 4 aromatic rings. The summed E-state index contributed by atoms with van der Waals surface area (Å²) < 4.78 is 6.94. The lowest BCUT2D eigenvalue weighted by Gasteiger charge is -2.29. The van der Waals surface area contributed by atoms with Gasteiger partial charge >= 0.3 is 5.97 Å². The molecule has 2 atom stereocenters. The Morgan fingerprint density at radius 2 is 1.84 bits per heavy atom. The van der Waals surface area contributed by atoms with Gasteiger partial charge in [-0.05, 0) is 66.8 Å². The summed E-state index contributed by atoms with van der Waals surface area (Å²) in [4.78, 5) is 31.6. The molecular weight excluding hydrogens is 498 g/mol. The van der Waals surface area contributed by atoms with Crippen LogP contribution in [-0.2, 0) is 9.53 Å². The number of hydrogen-bond acceptors (Lipinski definition) is 5. The summed E-state index contributed by atoms with van der Waals surface area (Å²) in [5.74, 6) is -0.498. The molecule has 0 radical (unpaired) electrons. The van der Waals surface area contributed by atoms with Crippen LogP contribution in [0.1, 0.15) is 40.3 Å². The zero-order valence-electron chi connectivity index (χ0n) is 20.8. The normalized spacial score (nSPS) is 16.7. The molecule has 2 N–H and O–H groups in total. The van der Waals surface area contributed by atoms with E-state index in [1.54, 1.807) is 18.3 Å². The van der Waals surface area contributed by atoms with Gasteiger partial charge in [-0.3, -0.25) is 9.78 Å². The predicted octanol–water partition coefficient (Wildman–Crippen LogP) is 4.66. The van der Waals surface area contributed by atoms with E-state index in [1.807, 2.05) is 88.5 Å². The molecule has 38 heavy (non-hydrogen) atoms. The van der Waals surface area contributed by atoms with Crippen molar-refractivity contribution in [1.29, 1.82) is 0 Å². The van der Waals surface area contributed by atoms with Crippen molar-refractivity contribution in [3.05, 3.63) is 114 Å². The number of carbonyl (C=O) groups excluding carboxylic acids is 2. The van der Waals surface area contributed by atoms with Gasteiger partial charge in [0.15, 0.2) is 5.11 Å². The molecule has 3 heterocycles. The predicted molar refractivity (Wildman–Crippen MR) is 149 cm³/mol. The molecule has 1 fully saturated rings. The van der Waals surface area contributed by atoms with Crippen molar-refractivity contribution in [1.82, 2.24) is 19.8 Å². The van der Waals surface area contributed by atoms with Crippen molar-refractivity contribution in [2.45, 2.75) is 18.5 Å². The molecule has 1 saturated heterocycles. The van der Waals surface area contributed by atoms with Crippen molar-refractivity contribution in [2.24, 2.45) is 0 Å². The van der Waals surface area contributed by atoms with E-state index in [0.717, 1.165) is 22.8 Å². The second kappa shape index (κ2) is 11.3. The van der Waals surface area contributed by atoms with Crippen LogP contribution in [0.4, 0.5) is 5.69 Å². The average Bonchev–Trinajstić information content (AvgIpc) is 3.56. The second-order valence-corrected chi connectivity index (χ2v) is 9.22. The second-order valence-electron chi connectivity index (χ2n) is 8.83. The quantitative estimate of drug-likeness (QED) is 0.256. The largest absolute Gasteiger partial charge is 0.465 e. The third-order valence-electron chi connectivity index (χ3n) is 6.46. The Labute approximate surface area is 226 Å². The van der Waals surface area contributed by atoms with Crippen LogP contribution in [0, 0.1) is 0 Å². The minimum atomic E-state index is -0.401. The van der Waals surface area contributed by atoms with Crippen LogP contribution in [0.25, 0.3) is 5.69 Å². The Balaban J connectivity index is 1.47. The van der Waals surface area contributed by atoms with E-state index in [-0.39, 0.29) is 24.4 Å². The number of para-hydroxylation sites is 1. The van der Waals surface area contributed by atoms with E-state index in [4.69, 9.17) is 17.0 Å². The summed E-state index contributed by atoms with van der Waals surface area (Å²) in [6, 6.07) is 25.9. The summed E-state index contributed by atoms with van der Waals surface area (Å²) in [5, 5.41) is 6.92. The van der Waals surface area contributed by atoms with Gasteiger partial charge in [-0.15, -0.1) is 0 Å². The van der Waals surface area contributed by atoms with Crippen LogP contribution >= 0.6 is 12.2 Å². The maximum atomic E-state index is 12.8. The molecule has 2 unspecified atom stereocenters. The van der Waals surface area contributed by atoms with Gasteiger partial charge in [0.1, 0.15) is 0 Å². The van der Waals surface area contributed by atoms with E-state index >= 15 is 0 Å². The monoisotopic (exact) mass is 525 g/mol. The van der Waals surface area contributed by atoms with Crippen LogP contribution in [0.3, 0.4) is 0 Å². The molecule has 9 heteroatoms. The minimum absolute atomic E-state index is 0.0970. The molecule has 5 rings (SSSR count). The number of pyridine rings is 1. The van der Waals surface area contributed by atoms with Gasteiger partial charge in [0, 0.05) is 42.4 Å². The number of ether oxygens (including phenoxy) is 1. The van der Waals surface area contributed by atoms with Gasteiger partial charge < -0.3 is 24.8 Å². The van der Waals surface area contributed by atoms with Gasteiger partial charge in [-0.1, -0.05) is 30.3 Å². The highest BCUT2D eigenvalue weighted by molar-refractivity contribution is 7.80. The first-order valence-corrected chi connectivity index (χ1v) is 12.6. The number of nitrogens with one attached hydrogen (secondary N) is 2. The standard InChI is InChI=1S/C29H27N5O3S/c1-37-28(36)20-9-7-12-22(19-20)33-17-8-14-24(33)27-26(23-13-5-6-16-30-23)32-29(38)34(27)18-15-25(35)31-21-10-3-2-4-11-21/h2-14,16-17,19,26-27H,15,18H2,1H3,(H,31,35)(H,32,38). The van der Waals surface area contributed by atoms with Crippen LogP contribution < -0.4 is 10.6 Å². The first kappa shape index (κ1) is 25.2. The Morgan fingerprint density at radius 3 is 2.61 bits per heavy atom. The molecule has 0 saturated carbocycles. The number of benzene rings is 2. The molecule has 1 aliphatic heterocycles. The van der Waals surface area contributed by atoms with E-state index in [2.05, 4.69) is 15.6 Å². The van der Waals surface area contributed by atoms with Crippen LogP contribution in [0.2, 0.25) is 0 Å². The highest BCUT2D eigenvalue weighted by Crippen LogP contribution is 2.39. The van der Waals surface area contributed by atoms with Crippen LogP contribution in [0.15, 0.2) is 97.3 Å². The number of aromatic nitrogens is 2. The van der Waals surface area contributed by atoms with Gasteiger partial charge in [-0.2, -0.15) is 0 Å². The molecule has 0 bridgehead atoms. The first-order valence-electron chi connectivity index (χ1n) is 12.2. The zero-order chi connectivity index (χ0) is 26.5. The van der Waals surface area contributed by atoms with Crippen molar-refractivity contribution >= 4 is 34.9 Å². The van der Waals surface area contributed by atoms with E-state index < -0.39 is 5.97 Å². The maximum absolute atomic E-state index is 12.8.